The second-order valence-electron chi connectivity index (χ2n) is 9.10. The van der Waals surface area contributed by atoms with E-state index < -0.39 is 14.6 Å². The molecule has 190 valence electrons. The smallest absolute Gasteiger partial charge is 0.423 e. The first-order valence-corrected chi connectivity index (χ1v) is 13.4. The van der Waals surface area contributed by atoms with Crippen LogP contribution in [-0.4, -0.2) is 59.8 Å². The van der Waals surface area contributed by atoms with Crippen molar-refractivity contribution in [1.29, 1.82) is 5.26 Å². The molecule has 1 aromatic rings. The zero-order valence-electron chi connectivity index (χ0n) is 20.8. The quantitative estimate of drug-likeness (QED) is 0.227. The van der Waals surface area contributed by atoms with E-state index in [1.807, 2.05) is 44.4 Å². The molecule has 1 saturated carbocycles. The molecule has 0 heterocycles. The molecule has 35 heavy (non-hydrogen) atoms. The lowest BCUT2D eigenvalue weighted by Gasteiger charge is -2.33. The van der Waals surface area contributed by atoms with Crippen molar-refractivity contribution >= 4 is 20.3 Å². The maximum atomic E-state index is 12.0. The summed E-state index contributed by atoms with van der Waals surface area (Å²) in [6, 6.07) is 12.1. The summed E-state index contributed by atoms with van der Waals surface area (Å²) < 4.78 is 23.4. The van der Waals surface area contributed by atoms with E-state index in [1.54, 1.807) is 0 Å². The highest BCUT2D eigenvalue weighted by Crippen LogP contribution is 2.52. The number of nitrogens with zero attached hydrogens (tertiary/aromatic N) is 2. The van der Waals surface area contributed by atoms with Gasteiger partial charge in [0.1, 0.15) is 5.69 Å². The summed E-state index contributed by atoms with van der Waals surface area (Å²) in [4.78, 5) is 12.0. The van der Waals surface area contributed by atoms with Gasteiger partial charge < -0.3 is 14.8 Å². The van der Waals surface area contributed by atoms with Gasteiger partial charge >= 0.3 is 14.6 Å². The highest BCUT2D eigenvalue weighted by Gasteiger charge is 2.49. The van der Waals surface area contributed by atoms with Crippen molar-refractivity contribution in [3.05, 3.63) is 30.3 Å². The molecule has 0 aromatic heterocycles. The second kappa shape index (κ2) is 14.4. The molecule has 0 radical (unpaired) electrons. The molecule has 3 unspecified atom stereocenters. The zero-order valence-corrected chi connectivity index (χ0v) is 21.7. The van der Waals surface area contributed by atoms with E-state index in [9.17, 15) is 4.79 Å². The fourth-order valence-corrected chi connectivity index (χ4v) is 5.84. The molecular weight excluding hydrogens is 465 g/mol. The highest BCUT2D eigenvalue weighted by atomic mass is 31.2. The standard InChI is InChI=1S/C26H36N3O5P/c1-29(2,22-11-6-5-7-12-22)35(33-17-10-15-27)34-20-19-31-18-16-28-26(30)32-21-25-23-13-8-3-4-9-14-24(23)25/h5-7,11-12,23-25H,8-10,13-14,16-21H2,1-2H3/p+1. The van der Waals surface area contributed by atoms with Crippen LogP contribution in [0.25, 0.3) is 0 Å². The molecule has 9 heteroatoms. The number of amides is 1. The molecule has 1 amide bonds. The summed E-state index contributed by atoms with van der Waals surface area (Å²) in [5.74, 6) is 8.22. The lowest BCUT2D eigenvalue weighted by molar-refractivity contribution is 0.0914. The number of benzene rings is 1. The Bertz CT molecular complexity index is 878. The minimum atomic E-state index is -1.33. The van der Waals surface area contributed by atoms with Crippen molar-refractivity contribution in [2.75, 3.05) is 53.7 Å². The average Bonchev–Trinajstić information content (AvgIpc) is 3.50. The number of hydrogen-bond acceptors (Lipinski definition) is 6. The minimum Gasteiger partial charge on any atom is -0.449 e. The number of rotatable bonds is 14. The van der Waals surface area contributed by atoms with Crippen LogP contribution in [-0.2, 0) is 18.5 Å². The zero-order chi connectivity index (χ0) is 24.9. The Labute approximate surface area is 210 Å². The number of quaternary nitrogens is 1. The van der Waals surface area contributed by atoms with Crippen molar-refractivity contribution < 1.29 is 23.3 Å². The van der Waals surface area contributed by atoms with Gasteiger partial charge in [0.15, 0.2) is 0 Å². The number of alkyl carbamates (subject to hydrolysis) is 1. The first-order valence-electron chi connectivity index (χ1n) is 12.3. The van der Waals surface area contributed by atoms with Gasteiger partial charge in [-0.15, -0.1) is 11.8 Å². The normalized spacial score (nSPS) is 21.8. The average molecular weight is 503 g/mol. The van der Waals surface area contributed by atoms with E-state index in [1.165, 1.54) is 0 Å². The largest absolute Gasteiger partial charge is 0.449 e. The minimum absolute atomic E-state index is 0.311. The van der Waals surface area contributed by atoms with Crippen LogP contribution in [0.1, 0.15) is 32.1 Å². The molecule has 8 nitrogen and oxygen atoms in total. The molecule has 0 aliphatic heterocycles. The van der Waals surface area contributed by atoms with E-state index in [4.69, 9.17) is 23.8 Å². The van der Waals surface area contributed by atoms with Crippen LogP contribution >= 0.6 is 8.53 Å². The number of nitriles is 1. The number of nitrogens with one attached hydrogen (secondary N) is 1. The Morgan fingerprint density at radius 2 is 1.77 bits per heavy atom. The Morgan fingerprint density at radius 3 is 2.46 bits per heavy atom. The van der Waals surface area contributed by atoms with Crippen molar-refractivity contribution in [3.8, 4) is 17.9 Å². The molecular formula is C26H37N3O5P+. The summed E-state index contributed by atoms with van der Waals surface area (Å²) in [5, 5.41) is 11.6. The number of ether oxygens (including phenoxy) is 2. The molecule has 3 rings (SSSR count). The van der Waals surface area contributed by atoms with E-state index >= 15 is 0 Å². The number of para-hydroxylation sites is 1. The van der Waals surface area contributed by atoms with Crippen LogP contribution in [0.3, 0.4) is 0 Å². The summed E-state index contributed by atoms with van der Waals surface area (Å²) in [5.41, 5.74) is 1.06. The third-order valence-electron chi connectivity index (χ3n) is 6.40. The fraction of sp³-hybridized carbons (Fsp3) is 0.615. The van der Waals surface area contributed by atoms with Gasteiger partial charge in [-0.3, -0.25) is 9.05 Å². The van der Waals surface area contributed by atoms with Crippen LogP contribution < -0.4 is 9.57 Å². The van der Waals surface area contributed by atoms with Gasteiger partial charge in [-0.1, -0.05) is 18.2 Å². The van der Waals surface area contributed by atoms with Crippen LogP contribution in [0.5, 0.6) is 0 Å². The third-order valence-corrected chi connectivity index (χ3v) is 8.26. The fourth-order valence-electron chi connectivity index (χ4n) is 4.39. The van der Waals surface area contributed by atoms with Gasteiger partial charge in [0.2, 0.25) is 0 Å². The van der Waals surface area contributed by atoms with Crippen molar-refractivity contribution in [2.24, 2.45) is 17.8 Å². The Morgan fingerprint density at radius 1 is 1.09 bits per heavy atom. The second-order valence-corrected chi connectivity index (χ2v) is 11.1. The Hall–Kier alpha value is -2.19. The summed E-state index contributed by atoms with van der Waals surface area (Å²) >= 11 is 0. The number of carbonyl (C=O) groups is 1. The van der Waals surface area contributed by atoms with Gasteiger partial charge in [0, 0.05) is 19.4 Å². The SMILES string of the molecule is C[N+](C)(c1ccccc1)P(OCCC#N)OCCOCCNC(=O)OCC1C2CCC#CCCC21. The van der Waals surface area contributed by atoms with Crippen molar-refractivity contribution in [2.45, 2.75) is 32.1 Å². The van der Waals surface area contributed by atoms with E-state index in [0.717, 1.165) is 31.4 Å². The van der Waals surface area contributed by atoms with Gasteiger partial charge in [-0.05, 0) is 42.7 Å². The molecule has 1 fully saturated rings. The van der Waals surface area contributed by atoms with Crippen molar-refractivity contribution in [1.82, 2.24) is 9.57 Å². The maximum Gasteiger partial charge on any atom is 0.423 e. The van der Waals surface area contributed by atoms with Gasteiger partial charge in [-0.2, -0.15) is 5.26 Å². The van der Waals surface area contributed by atoms with Crippen LogP contribution in [0.15, 0.2) is 30.3 Å². The summed E-state index contributed by atoms with van der Waals surface area (Å²) in [7, 11) is 2.72. The number of fused-ring (bicyclic) bond motifs is 1. The van der Waals surface area contributed by atoms with Crippen LogP contribution in [0.4, 0.5) is 10.5 Å². The molecule has 0 bridgehead atoms. The van der Waals surface area contributed by atoms with Crippen molar-refractivity contribution in [3.63, 3.8) is 0 Å². The molecule has 0 spiro atoms. The maximum absolute atomic E-state index is 12.0. The van der Waals surface area contributed by atoms with Gasteiger partial charge in [-0.25, -0.2) is 9.05 Å². The highest BCUT2D eigenvalue weighted by molar-refractivity contribution is 7.46. The lowest BCUT2D eigenvalue weighted by atomic mass is 10.1. The first kappa shape index (κ1) is 27.4. The Kier molecular flexibility index (Phi) is 11.3. The summed E-state index contributed by atoms with van der Waals surface area (Å²) in [6.07, 6.45) is 4.08. The predicted molar refractivity (Wildman–Crippen MR) is 136 cm³/mol. The molecule has 3 atom stereocenters. The predicted octanol–water partition coefficient (Wildman–Crippen LogP) is 4.61. The monoisotopic (exact) mass is 502 g/mol. The number of hydrogen-bond donors (Lipinski definition) is 1. The number of carbonyl (C=O) groups excluding carboxylic acids is 1. The Balaban J connectivity index is 1.28. The lowest BCUT2D eigenvalue weighted by Crippen LogP contribution is -2.36. The van der Waals surface area contributed by atoms with E-state index in [-0.39, 0.29) is 0 Å². The molecule has 1 N–H and O–H groups in total. The first-order chi connectivity index (χ1) is 17.0. The molecule has 0 saturated heterocycles. The molecule has 2 aliphatic carbocycles. The van der Waals surface area contributed by atoms with Crippen LogP contribution in [0, 0.1) is 40.9 Å². The molecule has 1 aromatic carbocycles. The molecule has 2 aliphatic rings. The third kappa shape index (κ3) is 8.76. The summed E-state index contributed by atoms with van der Waals surface area (Å²) in [6.45, 7) is 2.28. The van der Waals surface area contributed by atoms with E-state index in [2.05, 4.69) is 23.2 Å². The van der Waals surface area contributed by atoms with Gasteiger partial charge in [0.25, 0.3) is 0 Å². The topological polar surface area (TPSA) is 89.8 Å². The van der Waals surface area contributed by atoms with Gasteiger partial charge in [0.05, 0.1) is 59.6 Å². The van der Waals surface area contributed by atoms with Crippen LogP contribution in [0.2, 0.25) is 0 Å². The van der Waals surface area contributed by atoms with E-state index in [0.29, 0.717) is 68.0 Å².